The van der Waals surface area contributed by atoms with Crippen LogP contribution in [0.4, 0.5) is 5.69 Å². The van der Waals surface area contributed by atoms with Crippen LogP contribution in [0.5, 0.6) is 0 Å². The van der Waals surface area contributed by atoms with E-state index >= 15 is 0 Å². The van der Waals surface area contributed by atoms with E-state index in [1.807, 2.05) is 0 Å². The van der Waals surface area contributed by atoms with Gasteiger partial charge in [0, 0.05) is 30.9 Å². The van der Waals surface area contributed by atoms with Gasteiger partial charge in [-0.15, -0.1) is 0 Å². The molecule has 1 aromatic heterocycles. The summed E-state index contributed by atoms with van der Waals surface area (Å²) in [7, 11) is -0.862. The summed E-state index contributed by atoms with van der Waals surface area (Å²) < 4.78 is 31.7. The lowest BCUT2D eigenvalue weighted by Gasteiger charge is -2.11. The summed E-state index contributed by atoms with van der Waals surface area (Å²) in [5, 5.41) is 3.10. The smallest absolute Gasteiger partial charge is 0.408 e. The predicted octanol–water partition coefficient (Wildman–Crippen LogP) is 2.14. The van der Waals surface area contributed by atoms with Gasteiger partial charge in [0.05, 0.1) is 10.4 Å². The molecule has 1 heterocycles. The maximum atomic E-state index is 12.2. The number of fused-ring (bicyclic) bond motifs is 1. The second-order valence-corrected chi connectivity index (χ2v) is 8.52. The van der Waals surface area contributed by atoms with Gasteiger partial charge in [-0.3, -0.25) is 9.36 Å². The van der Waals surface area contributed by atoms with Crippen LogP contribution in [0.25, 0.3) is 11.1 Å². The van der Waals surface area contributed by atoms with E-state index in [4.69, 9.17) is 16.0 Å². The van der Waals surface area contributed by atoms with Crippen LogP contribution in [0.1, 0.15) is 0 Å². The Bertz CT molecular complexity index is 1180. The number of sulfonamides is 1. The lowest BCUT2D eigenvalue weighted by Crippen LogP contribution is -2.24. The monoisotopic (exact) mass is 409 g/mol. The molecule has 27 heavy (non-hydrogen) atoms. The minimum atomic E-state index is -3.67. The van der Waals surface area contributed by atoms with Crippen molar-refractivity contribution in [1.29, 1.82) is 0 Å². The van der Waals surface area contributed by atoms with E-state index in [1.54, 1.807) is 24.3 Å². The van der Waals surface area contributed by atoms with E-state index in [0.717, 1.165) is 8.87 Å². The van der Waals surface area contributed by atoms with E-state index in [-0.39, 0.29) is 17.0 Å². The highest BCUT2D eigenvalue weighted by molar-refractivity contribution is 7.89. The molecular weight excluding hydrogens is 394 g/mol. The summed E-state index contributed by atoms with van der Waals surface area (Å²) in [4.78, 5) is 24.3. The third-order valence-electron chi connectivity index (χ3n) is 3.83. The fourth-order valence-corrected chi connectivity index (χ4v) is 3.59. The summed E-state index contributed by atoms with van der Waals surface area (Å²) in [6.45, 7) is -0.294. The van der Waals surface area contributed by atoms with Gasteiger partial charge in [-0.2, -0.15) is 0 Å². The highest BCUT2D eigenvalue weighted by atomic mass is 35.5. The first kappa shape index (κ1) is 19.2. The Morgan fingerprint density at radius 2 is 1.96 bits per heavy atom. The molecule has 0 atom stereocenters. The van der Waals surface area contributed by atoms with Gasteiger partial charge in [-0.05, 0) is 30.3 Å². The quantitative estimate of drug-likeness (QED) is 0.695. The number of nitrogens with one attached hydrogen (secondary N) is 1. The Morgan fingerprint density at radius 3 is 2.63 bits per heavy atom. The number of oxazole rings is 1. The van der Waals surface area contributed by atoms with Gasteiger partial charge in [0.25, 0.3) is 0 Å². The second kappa shape index (κ2) is 7.18. The van der Waals surface area contributed by atoms with Gasteiger partial charge in [0.15, 0.2) is 5.58 Å². The summed E-state index contributed by atoms with van der Waals surface area (Å²) in [5.74, 6) is -1.21. The average Bonchev–Trinajstić information content (AvgIpc) is 2.89. The molecule has 0 saturated heterocycles. The van der Waals surface area contributed by atoms with Crippen molar-refractivity contribution in [2.75, 3.05) is 19.4 Å². The Kier molecular flexibility index (Phi) is 5.09. The molecular formula is C17H16ClN3O5S. The summed E-state index contributed by atoms with van der Waals surface area (Å²) in [6.07, 6.45) is 0. The van der Waals surface area contributed by atoms with Crippen molar-refractivity contribution >= 4 is 44.3 Å². The van der Waals surface area contributed by atoms with Crippen molar-refractivity contribution in [3.05, 3.63) is 58.0 Å². The zero-order valence-corrected chi connectivity index (χ0v) is 16.0. The van der Waals surface area contributed by atoms with Crippen molar-refractivity contribution in [2.45, 2.75) is 11.4 Å². The van der Waals surface area contributed by atoms with Crippen LogP contribution in [0.2, 0.25) is 5.02 Å². The predicted molar refractivity (Wildman–Crippen MR) is 101 cm³/mol. The van der Waals surface area contributed by atoms with E-state index in [9.17, 15) is 18.0 Å². The molecule has 0 aliphatic rings. The molecule has 2 aromatic carbocycles. The normalized spacial score (nSPS) is 11.9. The topological polar surface area (TPSA) is 102 Å². The van der Waals surface area contributed by atoms with E-state index in [2.05, 4.69) is 5.32 Å². The molecule has 142 valence electrons. The maximum Gasteiger partial charge on any atom is 0.420 e. The van der Waals surface area contributed by atoms with Gasteiger partial charge in [0.2, 0.25) is 15.9 Å². The van der Waals surface area contributed by atoms with Crippen LogP contribution in [0.3, 0.4) is 0 Å². The standard InChI is InChI=1S/C17H16ClN3O5S/c1-20(2)27(24,25)13-6-7-14-15(9-13)26-17(23)21(14)10-16(22)19-12-5-3-4-11(18)8-12/h3-9H,10H2,1-2H3,(H,19,22). The molecule has 1 N–H and O–H groups in total. The van der Waals surface area contributed by atoms with Crippen LogP contribution < -0.4 is 11.1 Å². The van der Waals surface area contributed by atoms with Crippen LogP contribution in [0.15, 0.2) is 56.6 Å². The van der Waals surface area contributed by atoms with E-state index < -0.39 is 21.7 Å². The van der Waals surface area contributed by atoms with Crippen LogP contribution in [-0.4, -0.2) is 37.3 Å². The first-order chi connectivity index (χ1) is 12.7. The number of nitrogens with zero attached hydrogens (tertiary/aromatic N) is 2. The molecule has 0 fully saturated rings. The van der Waals surface area contributed by atoms with E-state index in [0.29, 0.717) is 16.2 Å². The van der Waals surface area contributed by atoms with E-state index in [1.165, 1.54) is 32.3 Å². The van der Waals surface area contributed by atoms with Crippen molar-refractivity contribution in [1.82, 2.24) is 8.87 Å². The maximum absolute atomic E-state index is 12.2. The van der Waals surface area contributed by atoms with Crippen molar-refractivity contribution in [3.63, 3.8) is 0 Å². The first-order valence-electron chi connectivity index (χ1n) is 7.80. The molecule has 8 nitrogen and oxygen atoms in total. The fourth-order valence-electron chi connectivity index (χ4n) is 2.48. The number of amides is 1. The second-order valence-electron chi connectivity index (χ2n) is 5.93. The number of hydrogen-bond acceptors (Lipinski definition) is 5. The molecule has 0 aliphatic heterocycles. The zero-order chi connectivity index (χ0) is 19.8. The van der Waals surface area contributed by atoms with Gasteiger partial charge < -0.3 is 9.73 Å². The molecule has 0 unspecified atom stereocenters. The molecule has 10 heteroatoms. The largest absolute Gasteiger partial charge is 0.420 e. The Hall–Kier alpha value is -2.62. The number of rotatable bonds is 5. The first-order valence-corrected chi connectivity index (χ1v) is 9.61. The summed E-state index contributed by atoms with van der Waals surface area (Å²) in [5.41, 5.74) is 0.894. The lowest BCUT2D eigenvalue weighted by atomic mass is 10.3. The molecule has 3 rings (SSSR count). The number of carbonyl (C=O) groups is 1. The van der Waals surface area contributed by atoms with Crippen molar-refractivity contribution < 1.29 is 17.6 Å². The van der Waals surface area contributed by atoms with Gasteiger partial charge >= 0.3 is 5.76 Å². The van der Waals surface area contributed by atoms with Crippen LogP contribution in [0, 0.1) is 0 Å². The minimum absolute atomic E-state index is 0.00993. The Balaban J connectivity index is 1.90. The third-order valence-corrected chi connectivity index (χ3v) is 5.87. The molecule has 0 bridgehead atoms. The molecule has 1 amide bonds. The molecule has 0 saturated carbocycles. The summed E-state index contributed by atoms with van der Waals surface area (Å²) >= 11 is 5.87. The number of aromatic nitrogens is 1. The average molecular weight is 410 g/mol. The number of benzene rings is 2. The van der Waals surface area contributed by atoms with Crippen LogP contribution >= 0.6 is 11.6 Å². The van der Waals surface area contributed by atoms with Crippen molar-refractivity contribution in [3.8, 4) is 0 Å². The Labute approximate surface area is 160 Å². The zero-order valence-electron chi connectivity index (χ0n) is 14.5. The molecule has 0 aliphatic carbocycles. The van der Waals surface area contributed by atoms with Gasteiger partial charge in [-0.25, -0.2) is 17.5 Å². The van der Waals surface area contributed by atoms with Gasteiger partial charge in [-0.1, -0.05) is 17.7 Å². The number of carbonyl (C=O) groups excluding carboxylic acids is 1. The minimum Gasteiger partial charge on any atom is -0.408 e. The number of anilines is 1. The number of halogens is 1. The number of hydrogen-bond donors (Lipinski definition) is 1. The molecule has 0 radical (unpaired) electrons. The molecule has 3 aromatic rings. The third kappa shape index (κ3) is 3.90. The highest BCUT2D eigenvalue weighted by Gasteiger charge is 2.20. The summed E-state index contributed by atoms with van der Waals surface area (Å²) in [6, 6.07) is 10.7. The fraction of sp³-hybridized carbons (Fsp3) is 0.176. The highest BCUT2D eigenvalue weighted by Crippen LogP contribution is 2.21. The molecule has 0 spiro atoms. The van der Waals surface area contributed by atoms with Gasteiger partial charge in [0.1, 0.15) is 6.54 Å². The van der Waals surface area contributed by atoms with Crippen LogP contribution in [-0.2, 0) is 21.4 Å². The SMILES string of the molecule is CN(C)S(=O)(=O)c1ccc2c(c1)oc(=O)n2CC(=O)Nc1cccc(Cl)c1. The Morgan fingerprint density at radius 1 is 1.22 bits per heavy atom. The lowest BCUT2D eigenvalue weighted by molar-refractivity contribution is -0.116. The van der Waals surface area contributed by atoms with Crippen molar-refractivity contribution in [2.24, 2.45) is 0 Å².